The van der Waals surface area contributed by atoms with Crippen molar-refractivity contribution in [3.05, 3.63) is 83.0 Å². The van der Waals surface area contributed by atoms with E-state index in [0.717, 1.165) is 60.4 Å². The zero-order valence-electron chi connectivity index (χ0n) is 28.3. The summed E-state index contributed by atoms with van der Waals surface area (Å²) < 4.78 is 20.3. The maximum absolute atomic E-state index is 13.0. The van der Waals surface area contributed by atoms with Gasteiger partial charge in [-0.25, -0.2) is 14.3 Å². The molecule has 7 rings (SSSR count). The first-order valence-electron chi connectivity index (χ1n) is 16.9. The van der Waals surface area contributed by atoms with Crippen LogP contribution >= 0.6 is 11.6 Å². The number of para-hydroxylation sites is 1. The highest BCUT2D eigenvalue weighted by molar-refractivity contribution is 6.36. The van der Waals surface area contributed by atoms with Gasteiger partial charge in [0.2, 0.25) is 0 Å². The predicted octanol–water partition coefficient (Wildman–Crippen LogP) is 8.78. The van der Waals surface area contributed by atoms with E-state index in [1.54, 1.807) is 4.52 Å². The second-order valence-electron chi connectivity index (χ2n) is 13.7. The van der Waals surface area contributed by atoms with E-state index in [4.69, 9.17) is 35.9 Å². The number of nitrogens with zero attached hydrogens (tertiary/aromatic N) is 4. The molecule has 2 aliphatic rings. The Morgan fingerprint density at radius 2 is 1.67 bits per heavy atom. The lowest BCUT2D eigenvalue weighted by Crippen LogP contribution is -2.34. The molecule has 4 heterocycles. The van der Waals surface area contributed by atoms with Gasteiger partial charge in [-0.2, -0.15) is 5.10 Å². The van der Waals surface area contributed by atoms with Crippen molar-refractivity contribution in [3.8, 4) is 45.1 Å². The standard InChI is InChI=1S/C39H41ClN4O5/c1-24-33(37(38(45)46)49-39(2,3)4)35-28-16-17-31-36(34(28)40)43(19-21-48-31)18-9-5-6-10-20-47-30-15-8-7-14-27(30)25-12-11-13-26(22-25)29-23-32(41-24)44(35)42-29/h7-8,11-17,22-23,37H,5-6,9-10,18-21H2,1-4H3,(H,45,46). The minimum atomic E-state index is -1.33. The average Bonchev–Trinajstić information content (AvgIpc) is 3.50. The number of rotatable bonds is 3. The number of aliphatic carboxylic acids is 1. The molecule has 1 unspecified atom stereocenters. The Labute approximate surface area is 291 Å². The molecular weight excluding hydrogens is 640 g/mol. The smallest absolute Gasteiger partial charge is 0.337 e. The number of halogens is 1. The van der Waals surface area contributed by atoms with Crippen LogP contribution in [0.1, 0.15) is 63.8 Å². The summed E-state index contributed by atoms with van der Waals surface area (Å²) >= 11 is 7.39. The van der Waals surface area contributed by atoms with Crippen LogP contribution in [-0.4, -0.2) is 57.6 Å². The number of carboxylic acid groups (broad SMARTS) is 1. The topological polar surface area (TPSA) is 98.4 Å². The van der Waals surface area contributed by atoms with Gasteiger partial charge in [0.15, 0.2) is 11.8 Å². The molecule has 1 atom stereocenters. The molecule has 49 heavy (non-hydrogen) atoms. The number of anilines is 1. The van der Waals surface area contributed by atoms with Gasteiger partial charge >= 0.3 is 5.97 Å². The molecule has 0 fully saturated rings. The van der Waals surface area contributed by atoms with Gasteiger partial charge in [0.25, 0.3) is 0 Å². The fraction of sp³-hybridized carbons (Fsp3) is 0.359. The molecule has 254 valence electrons. The van der Waals surface area contributed by atoms with E-state index in [9.17, 15) is 9.90 Å². The van der Waals surface area contributed by atoms with Crippen LogP contribution in [0, 0.1) is 6.92 Å². The molecule has 9 nitrogen and oxygen atoms in total. The predicted molar refractivity (Wildman–Crippen MR) is 192 cm³/mol. The van der Waals surface area contributed by atoms with E-state index in [-0.39, 0.29) is 0 Å². The normalized spacial score (nSPS) is 15.7. The van der Waals surface area contributed by atoms with E-state index in [1.807, 2.05) is 76.2 Å². The van der Waals surface area contributed by atoms with Crippen LogP contribution in [0.15, 0.2) is 66.7 Å². The quantitative estimate of drug-likeness (QED) is 0.202. The monoisotopic (exact) mass is 680 g/mol. The maximum atomic E-state index is 13.0. The Hall–Kier alpha value is -4.60. The van der Waals surface area contributed by atoms with Gasteiger partial charge in [0.1, 0.15) is 18.1 Å². The van der Waals surface area contributed by atoms with E-state index < -0.39 is 17.7 Å². The van der Waals surface area contributed by atoms with Crippen LogP contribution in [0.3, 0.4) is 0 Å². The van der Waals surface area contributed by atoms with Gasteiger partial charge in [-0.05, 0) is 70.4 Å². The molecule has 6 bridgehead atoms. The van der Waals surface area contributed by atoms with Crippen molar-refractivity contribution in [1.29, 1.82) is 0 Å². The number of aryl methyl sites for hydroxylation is 1. The van der Waals surface area contributed by atoms with Crippen LogP contribution in [-0.2, 0) is 9.53 Å². The van der Waals surface area contributed by atoms with Crippen LogP contribution < -0.4 is 14.4 Å². The molecule has 2 aromatic heterocycles. The molecule has 5 aromatic rings. The number of hydrogen-bond donors (Lipinski definition) is 1. The highest BCUT2D eigenvalue weighted by Gasteiger charge is 2.35. The molecule has 0 saturated heterocycles. The Morgan fingerprint density at radius 3 is 2.49 bits per heavy atom. The van der Waals surface area contributed by atoms with Crippen molar-refractivity contribution in [2.75, 3.05) is 31.2 Å². The average molecular weight is 681 g/mol. The number of fused-ring (bicyclic) bond motifs is 8. The summed E-state index contributed by atoms with van der Waals surface area (Å²) in [5.74, 6) is 0.430. The molecular formula is C39H41ClN4O5. The van der Waals surface area contributed by atoms with Gasteiger partial charge < -0.3 is 24.2 Å². The second kappa shape index (κ2) is 13.4. The minimum absolute atomic E-state index is 0.400. The first-order chi connectivity index (χ1) is 23.6. The zero-order chi connectivity index (χ0) is 34.3. The third-order valence-electron chi connectivity index (χ3n) is 8.99. The van der Waals surface area contributed by atoms with Crippen LogP contribution in [0.25, 0.3) is 39.3 Å². The zero-order valence-corrected chi connectivity index (χ0v) is 29.1. The summed E-state index contributed by atoms with van der Waals surface area (Å²) in [4.78, 5) is 20.1. The van der Waals surface area contributed by atoms with Gasteiger partial charge in [-0.15, -0.1) is 0 Å². The number of hydrogen-bond acceptors (Lipinski definition) is 7. The van der Waals surface area contributed by atoms with Crippen LogP contribution in [0.4, 0.5) is 5.69 Å². The van der Waals surface area contributed by atoms with Crippen molar-refractivity contribution in [3.63, 3.8) is 0 Å². The SMILES string of the molecule is Cc1nc2cc3nn2c(c1C(OC(C)(C)C)C(=O)O)-c1ccc2c(c1Cl)N(CCCCCCOc1ccccc1-c1cccc-3c1)CCO2. The third kappa shape index (κ3) is 6.57. The summed E-state index contributed by atoms with van der Waals surface area (Å²) in [6, 6.07) is 22.0. The van der Waals surface area contributed by atoms with Crippen LogP contribution in [0.5, 0.6) is 11.5 Å². The number of benzene rings is 3. The Morgan fingerprint density at radius 1 is 0.898 bits per heavy atom. The fourth-order valence-electron chi connectivity index (χ4n) is 6.79. The van der Waals surface area contributed by atoms with Crippen molar-refractivity contribution < 1.29 is 24.1 Å². The van der Waals surface area contributed by atoms with Crippen molar-refractivity contribution in [1.82, 2.24) is 14.6 Å². The summed E-state index contributed by atoms with van der Waals surface area (Å²) in [5.41, 5.74) is 6.26. The lowest BCUT2D eigenvalue weighted by molar-refractivity contribution is -0.160. The van der Waals surface area contributed by atoms with E-state index in [2.05, 4.69) is 23.1 Å². The molecule has 0 amide bonds. The highest BCUT2D eigenvalue weighted by atomic mass is 35.5. The first kappa shape index (κ1) is 32.9. The molecule has 1 N–H and O–H groups in total. The van der Waals surface area contributed by atoms with E-state index >= 15 is 0 Å². The molecule has 2 aliphatic heterocycles. The maximum Gasteiger partial charge on any atom is 0.337 e. The fourth-order valence-corrected chi connectivity index (χ4v) is 7.16. The Balaban J connectivity index is 1.49. The first-order valence-corrected chi connectivity index (χ1v) is 17.3. The number of carbonyl (C=O) groups is 1. The molecule has 0 saturated carbocycles. The molecule has 0 radical (unpaired) electrons. The highest BCUT2D eigenvalue weighted by Crippen LogP contribution is 2.47. The summed E-state index contributed by atoms with van der Waals surface area (Å²) in [6.45, 7) is 10.0. The van der Waals surface area contributed by atoms with Crippen molar-refractivity contribution in [2.45, 2.75) is 65.1 Å². The van der Waals surface area contributed by atoms with Gasteiger partial charge in [-0.3, -0.25) is 0 Å². The lowest BCUT2D eigenvalue weighted by atomic mass is 9.97. The minimum Gasteiger partial charge on any atom is -0.493 e. The molecule has 0 spiro atoms. The number of ether oxygens (including phenoxy) is 3. The van der Waals surface area contributed by atoms with Crippen molar-refractivity contribution >= 4 is 28.9 Å². The summed E-state index contributed by atoms with van der Waals surface area (Å²) in [6.07, 6.45) is 2.70. The van der Waals surface area contributed by atoms with Gasteiger partial charge in [-0.1, -0.05) is 60.8 Å². The van der Waals surface area contributed by atoms with Crippen molar-refractivity contribution in [2.24, 2.45) is 0 Å². The second-order valence-corrected chi connectivity index (χ2v) is 14.0. The third-order valence-corrected chi connectivity index (χ3v) is 9.38. The number of aromatic nitrogens is 3. The molecule has 10 heteroatoms. The lowest BCUT2D eigenvalue weighted by Gasteiger charge is -2.33. The molecule has 0 aliphatic carbocycles. The van der Waals surface area contributed by atoms with Gasteiger partial charge in [0.05, 0.1) is 40.9 Å². The Kier molecular flexibility index (Phi) is 8.98. The van der Waals surface area contributed by atoms with Gasteiger partial charge in [0, 0.05) is 40.6 Å². The largest absolute Gasteiger partial charge is 0.493 e. The van der Waals surface area contributed by atoms with E-state index in [0.29, 0.717) is 64.4 Å². The Bertz CT molecular complexity index is 2030. The summed E-state index contributed by atoms with van der Waals surface area (Å²) in [7, 11) is 0. The van der Waals surface area contributed by atoms with E-state index in [1.165, 1.54) is 0 Å². The number of carboxylic acids is 1. The molecule has 3 aromatic carbocycles. The van der Waals surface area contributed by atoms with Crippen LogP contribution in [0.2, 0.25) is 5.02 Å². The summed E-state index contributed by atoms with van der Waals surface area (Å²) in [5, 5.41) is 16.2.